The summed E-state index contributed by atoms with van der Waals surface area (Å²) in [6, 6.07) is 11.9. The number of imidazole rings is 2. The number of aliphatic hydroxyl groups is 1. The van der Waals surface area contributed by atoms with E-state index in [0.717, 1.165) is 77.9 Å². The monoisotopic (exact) mass is 712 g/mol. The Morgan fingerprint density at radius 3 is 2.08 bits per heavy atom. The maximum absolute atomic E-state index is 13.7. The molecule has 51 heavy (non-hydrogen) atoms. The van der Waals surface area contributed by atoms with Crippen molar-refractivity contribution in [1.82, 2.24) is 28.9 Å². The van der Waals surface area contributed by atoms with Crippen molar-refractivity contribution >= 4 is 34.8 Å². The maximum atomic E-state index is 13.7. The lowest BCUT2D eigenvalue weighted by Gasteiger charge is -2.38. The maximum Gasteiger partial charge on any atom is 0.291 e. The van der Waals surface area contributed by atoms with Gasteiger partial charge in [-0.05, 0) is 68.7 Å². The molecule has 270 valence electrons. The molecule has 1 atom stereocenters. The second-order valence-corrected chi connectivity index (χ2v) is 15.2. The van der Waals surface area contributed by atoms with Crippen molar-refractivity contribution in [3.05, 3.63) is 81.4 Å². The SMILES string of the molecule is Cc1c(NC(=O)c2nc3c(n2C)CCN(C[C@@H](C)O)C3)cccc1-c1cccc(NC(=O)c2nc3c(n2C)CCN(C2CCC(C)CC2)C3)c1Cl. The molecule has 1 saturated carbocycles. The number of nitrogens with zero attached hydrogens (tertiary/aromatic N) is 6. The summed E-state index contributed by atoms with van der Waals surface area (Å²) in [6.45, 7) is 9.82. The molecule has 2 aliphatic heterocycles. The first-order valence-electron chi connectivity index (χ1n) is 18.2. The first kappa shape index (κ1) is 35.4. The minimum absolute atomic E-state index is 0.296. The summed E-state index contributed by atoms with van der Waals surface area (Å²) in [5.74, 6) is 0.944. The molecule has 2 aromatic heterocycles. The minimum Gasteiger partial charge on any atom is -0.392 e. The average Bonchev–Trinajstić information content (AvgIpc) is 3.62. The lowest BCUT2D eigenvalue weighted by atomic mass is 9.86. The fraction of sp³-hybridized carbons (Fsp3) is 0.487. The van der Waals surface area contributed by atoms with Crippen LogP contribution in [0.4, 0.5) is 11.4 Å². The van der Waals surface area contributed by atoms with Gasteiger partial charge in [0.2, 0.25) is 0 Å². The van der Waals surface area contributed by atoms with Gasteiger partial charge in [-0.15, -0.1) is 0 Å². The van der Waals surface area contributed by atoms with Crippen LogP contribution in [-0.4, -0.2) is 77.6 Å². The molecule has 1 fully saturated rings. The fourth-order valence-corrected chi connectivity index (χ4v) is 8.52. The van der Waals surface area contributed by atoms with E-state index in [4.69, 9.17) is 21.6 Å². The third-order valence-electron chi connectivity index (χ3n) is 11.2. The molecule has 11 nitrogen and oxygen atoms in total. The number of hydrogen-bond acceptors (Lipinski definition) is 7. The summed E-state index contributed by atoms with van der Waals surface area (Å²) < 4.78 is 3.81. The summed E-state index contributed by atoms with van der Waals surface area (Å²) in [5.41, 5.74) is 7.59. The highest BCUT2D eigenvalue weighted by molar-refractivity contribution is 6.36. The molecule has 12 heteroatoms. The van der Waals surface area contributed by atoms with E-state index in [0.29, 0.717) is 47.2 Å². The van der Waals surface area contributed by atoms with E-state index in [-0.39, 0.29) is 11.8 Å². The molecule has 0 unspecified atom stereocenters. The van der Waals surface area contributed by atoms with Gasteiger partial charge in [0.1, 0.15) is 0 Å². The molecule has 0 radical (unpaired) electrons. The number of aromatic nitrogens is 4. The van der Waals surface area contributed by atoms with Crippen LogP contribution >= 0.6 is 11.6 Å². The predicted molar refractivity (Wildman–Crippen MR) is 200 cm³/mol. The molecule has 3 N–H and O–H groups in total. The first-order chi connectivity index (χ1) is 24.5. The van der Waals surface area contributed by atoms with E-state index in [2.05, 4.69) is 27.4 Å². The number of β-amino-alcohol motifs (C(OH)–C–C–N with tert-alkyl or cyclic N) is 1. The summed E-state index contributed by atoms with van der Waals surface area (Å²) in [7, 11) is 3.80. The van der Waals surface area contributed by atoms with Crippen LogP contribution in [0.3, 0.4) is 0 Å². The van der Waals surface area contributed by atoms with Gasteiger partial charge < -0.3 is 24.9 Å². The van der Waals surface area contributed by atoms with Gasteiger partial charge in [0, 0.05) is 88.3 Å². The van der Waals surface area contributed by atoms with Crippen molar-refractivity contribution in [3.63, 3.8) is 0 Å². The molecule has 0 bridgehead atoms. The summed E-state index contributed by atoms with van der Waals surface area (Å²) >= 11 is 7.01. The number of benzene rings is 2. The number of anilines is 2. The Bertz CT molecular complexity index is 1960. The van der Waals surface area contributed by atoms with Crippen molar-refractivity contribution in [2.75, 3.05) is 30.3 Å². The van der Waals surface area contributed by atoms with E-state index in [1.54, 1.807) is 13.0 Å². The number of rotatable bonds is 8. The molecular formula is C39H49ClN8O3. The van der Waals surface area contributed by atoms with Gasteiger partial charge >= 0.3 is 0 Å². The largest absolute Gasteiger partial charge is 0.392 e. The van der Waals surface area contributed by atoms with Gasteiger partial charge in [0.15, 0.2) is 11.6 Å². The molecule has 7 rings (SSSR count). The second-order valence-electron chi connectivity index (χ2n) is 14.8. The highest BCUT2D eigenvalue weighted by Crippen LogP contribution is 2.38. The molecule has 4 heterocycles. The Morgan fingerprint density at radius 2 is 1.43 bits per heavy atom. The van der Waals surface area contributed by atoms with Crippen molar-refractivity contribution in [3.8, 4) is 11.1 Å². The summed E-state index contributed by atoms with van der Waals surface area (Å²) in [4.78, 5) is 41.5. The number of carbonyl (C=O) groups excluding carboxylic acids is 2. The smallest absolute Gasteiger partial charge is 0.291 e. The lowest BCUT2D eigenvalue weighted by Crippen LogP contribution is -2.41. The van der Waals surface area contributed by atoms with Gasteiger partial charge in [-0.1, -0.05) is 42.8 Å². The standard InChI is InChI=1S/C39H49ClN8O3/c1-23-12-14-26(15-13-23)48-19-17-34-32(22-48)42-37(46(34)5)39(51)44-30-11-7-9-28(35(30)40)27-8-6-10-29(25(27)3)43-38(50)36-41-31-21-47(20-24(2)49)18-16-33(31)45(36)4/h6-11,23-24,26,49H,12-22H2,1-5H3,(H,43,50)(H,44,51)/t23?,24-,26?/m1/s1. The normalized spacial score (nSPS) is 20.1. The fourth-order valence-electron chi connectivity index (χ4n) is 8.24. The van der Waals surface area contributed by atoms with Crippen LogP contribution in [0.25, 0.3) is 11.1 Å². The van der Waals surface area contributed by atoms with Crippen LogP contribution in [0.5, 0.6) is 0 Å². The topological polar surface area (TPSA) is 121 Å². The Kier molecular flexibility index (Phi) is 10.1. The number of hydrogen-bond donors (Lipinski definition) is 3. The number of nitrogens with one attached hydrogen (secondary N) is 2. The molecular weight excluding hydrogens is 664 g/mol. The number of fused-ring (bicyclic) bond motifs is 2. The van der Waals surface area contributed by atoms with Crippen LogP contribution in [-0.2, 0) is 40.0 Å². The van der Waals surface area contributed by atoms with E-state index < -0.39 is 6.10 Å². The van der Waals surface area contributed by atoms with E-state index >= 15 is 0 Å². The van der Waals surface area contributed by atoms with Crippen LogP contribution < -0.4 is 10.6 Å². The number of aliphatic hydroxyl groups excluding tert-OH is 1. The van der Waals surface area contributed by atoms with Crippen LogP contribution in [0.2, 0.25) is 5.02 Å². The number of amides is 2. The van der Waals surface area contributed by atoms with Crippen LogP contribution in [0.15, 0.2) is 36.4 Å². The van der Waals surface area contributed by atoms with Crippen LogP contribution in [0.1, 0.15) is 89.1 Å². The third kappa shape index (κ3) is 7.09. The summed E-state index contributed by atoms with van der Waals surface area (Å²) in [6.07, 6.45) is 6.24. The predicted octanol–water partition coefficient (Wildman–Crippen LogP) is 5.96. The summed E-state index contributed by atoms with van der Waals surface area (Å²) in [5, 5.41) is 16.3. The Balaban J connectivity index is 1.06. The Hall–Kier alpha value is -4.03. The van der Waals surface area contributed by atoms with Crippen molar-refractivity contribution < 1.29 is 14.7 Å². The highest BCUT2D eigenvalue weighted by Gasteiger charge is 2.31. The van der Waals surface area contributed by atoms with Gasteiger partial charge in [-0.25, -0.2) is 9.97 Å². The molecule has 1 aliphatic carbocycles. The van der Waals surface area contributed by atoms with E-state index in [1.165, 1.54) is 25.7 Å². The number of carbonyl (C=O) groups is 2. The van der Waals surface area contributed by atoms with E-state index in [1.807, 2.05) is 60.5 Å². The first-order valence-corrected chi connectivity index (χ1v) is 18.6. The quantitative estimate of drug-likeness (QED) is 0.206. The Morgan fingerprint density at radius 1 is 0.863 bits per heavy atom. The zero-order valence-corrected chi connectivity index (χ0v) is 31.1. The second kappa shape index (κ2) is 14.5. The molecule has 2 aromatic carbocycles. The lowest BCUT2D eigenvalue weighted by molar-refractivity contribution is 0.100. The minimum atomic E-state index is -0.425. The van der Waals surface area contributed by atoms with Gasteiger partial charge in [0.25, 0.3) is 11.8 Å². The van der Waals surface area contributed by atoms with Crippen molar-refractivity contribution in [2.24, 2.45) is 20.0 Å². The highest BCUT2D eigenvalue weighted by atomic mass is 35.5. The van der Waals surface area contributed by atoms with Crippen molar-refractivity contribution in [1.29, 1.82) is 0 Å². The third-order valence-corrected chi connectivity index (χ3v) is 11.6. The molecule has 0 spiro atoms. The zero-order chi connectivity index (χ0) is 36.0. The molecule has 0 saturated heterocycles. The van der Waals surface area contributed by atoms with Gasteiger partial charge in [-0.2, -0.15) is 0 Å². The van der Waals surface area contributed by atoms with Crippen LogP contribution in [0, 0.1) is 12.8 Å². The number of halogens is 1. The average molecular weight is 713 g/mol. The van der Waals surface area contributed by atoms with Gasteiger partial charge in [-0.3, -0.25) is 19.4 Å². The Labute approximate surface area is 305 Å². The van der Waals surface area contributed by atoms with Gasteiger partial charge in [0.05, 0.1) is 28.2 Å². The molecule has 3 aliphatic rings. The molecule has 4 aromatic rings. The molecule has 2 amide bonds. The van der Waals surface area contributed by atoms with Crippen molar-refractivity contribution in [2.45, 2.75) is 84.5 Å². The van der Waals surface area contributed by atoms with E-state index in [9.17, 15) is 14.7 Å². The zero-order valence-electron chi connectivity index (χ0n) is 30.3.